The van der Waals surface area contributed by atoms with Crippen LogP contribution in [0.3, 0.4) is 0 Å². The Morgan fingerprint density at radius 2 is 1.80 bits per heavy atom. The van der Waals surface area contributed by atoms with Crippen molar-refractivity contribution in [1.82, 2.24) is 4.90 Å². The first-order chi connectivity index (χ1) is 9.58. The van der Waals surface area contributed by atoms with E-state index in [9.17, 15) is 9.59 Å². The predicted molar refractivity (Wildman–Crippen MR) is 78.6 cm³/mol. The lowest BCUT2D eigenvalue weighted by Gasteiger charge is -2.23. The average molecular weight is 278 g/mol. The minimum Gasteiger partial charge on any atom is -0.468 e. The third kappa shape index (κ3) is 5.01. The van der Waals surface area contributed by atoms with Gasteiger partial charge < -0.3 is 9.64 Å². The molecule has 0 aliphatic carbocycles. The summed E-state index contributed by atoms with van der Waals surface area (Å²) in [5, 5.41) is 0. The van der Waals surface area contributed by atoms with Crippen LogP contribution >= 0.6 is 0 Å². The van der Waals surface area contributed by atoms with Gasteiger partial charge in [0.1, 0.15) is 0 Å². The predicted octanol–water partition coefficient (Wildman–Crippen LogP) is 1.53. The maximum absolute atomic E-state index is 12.2. The number of likely N-dealkylation sites (N-methyl/N-ethyl adjacent to an activating group) is 1. The zero-order valence-corrected chi connectivity index (χ0v) is 12.3. The molecular formula is C15H22N2O3. The van der Waals surface area contributed by atoms with E-state index in [4.69, 9.17) is 0 Å². The van der Waals surface area contributed by atoms with Gasteiger partial charge in [-0.15, -0.1) is 0 Å². The normalized spacial score (nSPS) is 10.4. The summed E-state index contributed by atoms with van der Waals surface area (Å²) in [4.78, 5) is 27.0. The van der Waals surface area contributed by atoms with Crippen molar-refractivity contribution in [2.24, 2.45) is 0 Å². The van der Waals surface area contributed by atoms with Gasteiger partial charge in [-0.1, -0.05) is 25.1 Å². The molecule has 1 amide bonds. The zero-order chi connectivity index (χ0) is 15.0. The number of benzene rings is 1. The second kappa shape index (κ2) is 8.32. The summed E-state index contributed by atoms with van der Waals surface area (Å²) >= 11 is 0. The molecule has 5 nitrogen and oxygen atoms in total. The minimum absolute atomic E-state index is 0.0476. The summed E-state index contributed by atoms with van der Waals surface area (Å²) in [5.41, 5.74) is 0.840. The second-order valence-corrected chi connectivity index (χ2v) is 4.58. The number of hydrogen-bond donors (Lipinski definition) is 0. The molecule has 1 aromatic carbocycles. The summed E-state index contributed by atoms with van der Waals surface area (Å²) in [6.45, 7) is 3.03. The highest BCUT2D eigenvalue weighted by molar-refractivity contribution is 5.94. The zero-order valence-electron chi connectivity index (χ0n) is 12.3. The van der Waals surface area contributed by atoms with Gasteiger partial charge >= 0.3 is 5.97 Å². The van der Waals surface area contributed by atoms with Gasteiger partial charge in [-0.05, 0) is 25.1 Å². The molecule has 1 rings (SSSR count). The number of amides is 1. The number of methoxy groups -OCH3 is 1. The number of carbonyl (C=O) groups excluding carboxylic acids is 2. The highest BCUT2D eigenvalue weighted by atomic mass is 16.5. The fraction of sp³-hybridized carbons (Fsp3) is 0.467. The molecule has 0 bridgehead atoms. The lowest BCUT2D eigenvalue weighted by Crippen LogP contribution is -2.41. The average Bonchev–Trinajstić information content (AvgIpc) is 2.47. The number of esters is 1. The molecule has 0 fully saturated rings. The minimum atomic E-state index is -0.325. The monoisotopic (exact) mass is 278 g/mol. The summed E-state index contributed by atoms with van der Waals surface area (Å²) in [6, 6.07) is 9.43. The summed E-state index contributed by atoms with van der Waals surface area (Å²) in [5.74, 6) is -0.373. The van der Waals surface area contributed by atoms with Crippen LogP contribution in [0.25, 0.3) is 0 Å². The first-order valence-corrected chi connectivity index (χ1v) is 6.69. The van der Waals surface area contributed by atoms with Crippen molar-refractivity contribution >= 4 is 17.6 Å². The number of nitrogens with zero attached hydrogens (tertiary/aromatic N) is 2. The molecule has 110 valence electrons. The molecule has 0 saturated carbocycles. The van der Waals surface area contributed by atoms with Crippen molar-refractivity contribution in [2.45, 2.75) is 13.3 Å². The van der Waals surface area contributed by atoms with Crippen LogP contribution in [0.1, 0.15) is 13.3 Å². The van der Waals surface area contributed by atoms with Gasteiger partial charge in [-0.3, -0.25) is 14.5 Å². The van der Waals surface area contributed by atoms with Gasteiger partial charge in [0.15, 0.2) is 0 Å². The van der Waals surface area contributed by atoms with Crippen molar-refractivity contribution in [2.75, 3.05) is 38.7 Å². The molecule has 1 aromatic rings. The van der Waals surface area contributed by atoms with E-state index in [0.29, 0.717) is 6.54 Å². The van der Waals surface area contributed by atoms with E-state index < -0.39 is 0 Å². The Morgan fingerprint density at radius 3 is 2.35 bits per heavy atom. The Balaban J connectivity index is 2.63. The van der Waals surface area contributed by atoms with Crippen LogP contribution in [0.5, 0.6) is 0 Å². The van der Waals surface area contributed by atoms with Crippen molar-refractivity contribution in [3.63, 3.8) is 0 Å². The van der Waals surface area contributed by atoms with Gasteiger partial charge in [0, 0.05) is 12.7 Å². The Labute approximate surface area is 120 Å². The molecule has 0 saturated heterocycles. The van der Waals surface area contributed by atoms with E-state index >= 15 is 0 Å². The van der Waals surface area contributed by atoms with Crippen LogP contribution in [0, 0.1) is 0 Å². The Hall–Kier alpha value is -1.88. The van der Waals surface area contributed by atoms with Gasteiger partial charge in [0.05, 0.1) is 20.2 Å². The number of hydrogen-bond acceptors (Lipinski definition) is 4. The topological polar surface area (TPSA) is 49.9 Å². The Bertz CT molecular complexity index is 434. The van der Waals surface area contributed by atoms with E-state index in [0.717, 1.165) is 12.1 Å². The fourth-order valence-electron chi connectivity index (χ4n) is 1.87. The molecule has 0 aliphatic rings. The maximum Gasteiger partial charge on any atom is 0.319 e. The SMILES string of the molecule is CCCN(CC(=O)OC)CC(=O)N(C)c1ccccc1. The second-order valence-electron chi connectivity index (χ2n) is 4.58. The van der Waals surface area contributed by atoms with Crippen molar-refractivity contribution in [1.29, 1.82) is 0 Å². The van der Waals surface area contributed by atoms with Gasteiger partial charge in [-0.25, -0.2) is 0 Å². The van der Waals surface area contributed by atoms with Crippen LogP contribution < -0.4 is 4.90 Å². The molecule has 0 aliphatic heterocycles. The lowest BCUT2D eigenvalue weighted by molar-refractivity contribution is -0.142. The lowest BCUT2D eigenvalue weighted by atomic mass is 10.3. The molecule has 0 N–H and O–H groups in total. The molecule has 0 aromatic heterocycles. The molecule has 0 heterocycles. The smallest absolute Gasteiger partial charge is 0.319 e. The maximum atomic E-state index is 12.2. The third-order valence-corrected chi connectivity index (χ3v) is 3.00. The third-order valence-electron chi connectivity index (χ3n) is 3.00. The summed E-state index contributed by atoms with van der Waals surface area (Å²) in [6.07, 6.45) is 0.874. The number of ether oxygens (including phenoxy) is 1. The van der Waals surface area contributed by atoms with E-state index in [1.807, 2.05) is 37.3 Å². The molecule has 0 spiro atoms. The number of para-hydroxylation sites is 1. The number of carbonyl (C=O) groups is 2. The Kier molecular flexibility index (Phi) is 6.73. The number of rotatable bonds is 7. The van der Waals surface area contributed by atoms with Crippen LogP contribution in [0.15, 0.2) is 30.3 Å². The van der Waals surface area contributed by atoms with E-state index in [1.54, 1.807) is 16.8 Å². The van der Waals surface area contributed by atoms with Crippen molar-refractivity contribution in [3.05, 3.63) is 30.3 Å². The molecule has 0 radical (unpaired) electrons. The van der Waals surface area contributed by atoms with Crippen LogP contribution in [-0.4, -0.2) is 50.6 Å². The van der Waals surface area contributed by atoms with Gasteiger partial charge in [0.2, 0.25) is 5.91 Å². The standard InChI is InChI=1S/C15H22N2O3/c1-4-10-17(12-15(19)20-3)11-14(18)16(2)13-8-6-5-7-9-13/h5-9H,4,10-12H2,1-3H3. The quantitative estimate of drug-likeness (QED) is 0.710. The first-order valence-electron chi connectivity index (χ1n) is 6.69. The molecule has 20 heavy (non-hydrogen) atoms. The van der Waals surface area contributed by atoms with Gasteiger partial charge in [0.25, 0.3) is 0 Å². The van der Waals surface area contributed by atoms with Gasteiger partial charge in [-0.2, -0.15) is 0 Å². The highest BCUT2D eigenvalue weighted by Gasteiger charge is 2.17. The summed E-state index contributed by atoms with van der Waals surface area (Å²) < 4.78 is 4.65. The van der Waals surface area contributed by atoms with Crippen LogP contribution in [0.2, 0.25) is 0 Å². The van der Waals surface area contributed by atoms with Crippen LogP contribution in [0.4, 0.5) is 5.69 Å². The molecule has 0 unspecified atom stereocenters. The Morgan fingerprint density at radius 1 is 1.15 bits per heavy atom. The first kappa shape index (κ1) is 16.2. The van der Waals surface area contributed by atoms with E-state index in [1.165, 1.54) is 7.11 Å². The van der Waals surface area contributed by atoms with E-state index in [2.05, 4.69) is 4.74 Å². The van der Waals surface area contributed by atoms with Crippen molar-refractivity contribution < 1.29 is 14.3 Å². The highest BCUT2D eigenvalue weighted by Crippen LogP contribution is 2.11. The van der Waals surface area contributed by atoms with Crippen molar-refractivity contribution in [3.8, 4) is 0 Å². The largest absolute Gasteiger partial charge is 0.468 e. The van der Waals surface area contributed by atoms with E-state index in [-0.39, 0.29) is 25.0 Å². The number of anilines is 1. The summed E-state index contributed by atoms with van der Waals surface area (Å²) in [7, 11) is 3.09. The molecule has 0 atom stereocenters. The fourth-order valence-corrected chi connectivity index (χ4v) is 1.87. The molecular weight excluding hydrogens is 256 g/mol. The molecule has 5 heteroatoms. The van der Waals surface area contributed by atoms with Crippen LogP contribution in [-0.2, 0) is 14.3 Å².